The Hall–Kier alpha value is -2.07. The van der Waals surface area contributed by atoms with E-state index in [1.807, 2.05) is 0 Å². The number of carbonyl (C=O) groups excluding carboxylic acids is 1. The minimum Gasteiger partial charge on any atom is -0.356 e. The van der Waals surface area contributed by atoms with E-state index in [2.05, 4.69) is 5.32 Å². The molecule has 1 aromatic carbocycles. The van der Waals surface area contributed by atoms with Gasteiger partial charge in [0.05, 0.1) is 23.3 Å². The molecule has 1 aromatic rings. The fourth-order valence-electron chi connectivity index (χ4n) is 1.78. The van der Waals surface area contributed by atoms with Crippen molar-refractivity contribution in [2.75, 3.05) is 5.32 Å². The summed E-state index contributed by atoms with van der Waals surface area (Å²) in [5.41, 5.74) is -2.59. The van der Waals surface area contributed by atoms with E-state index in [1.165, 1.54) is 12.1 Å². The van der Waals surface area contributed by atoms with Crippen molar-refractivity contribution in [2.45, 2.75) is 31.7 Å². The lowest BCUT2D eigenvalue weighted by Crippen LogP contribution is -2.30. The summed E-state index contributed by atoms with van der Waals surface area (Å²) in [6.45, 7) is 3.25. The van der Waals surface area contributed by atoms with Gasteiger partial charge in [0.25, 0.3) is 5.91 Å². The van der Waals surface area contributed by atoms with Crippen molar-refractivity contribution in [3.8, 4) is 6.07 Å². The molecule has 0 saturated carbocycles. The van der Waals surface area contributed by atoms with Crippen LogP contribution in [-0.4, -0.2) is 17.6 Å². The third-order valence-electron chi connectivity index (χ3n) is 3.29. The molecule has 1 amide bonds. The molecule has 1 saturated heterocycles. The highest BCUT2D eigenvalue weighted by Gasteiger charge is 2.55. The summed E-state index contributed by atoms with van der Waals surface area (Å²) in [7, 11) is 0. The van der Waals surface area contributed by atoms with Crippen LogP contribution in [0.4, 0.5) is 18.9 Å². The number of rotatable bonds is 2. The molecule has 20 heavy (non-hydrogen) atoms. The van der Waals surface area contributed by atoms with Gasteiger partial charge >= 0.3 is 6.18 Å². The van der Waals surface area contributed by atoms with Crippen LogP contribution in [0.2, 0.25) is 0 Å². The quantitative estimate of drug-likeness (QED) is 0.849. The molecule has 0 bridgehead atoms. The number of nitrogens with one attached hydrogen (secondary N) is 1. The summed E-state index contributed by atoms with van der Waals surface area (Å²) < 4.78 is 43.4. The van der Waals surface area contributed by atoms with Crippen LogP contribution in [0.5, 0.6) is 0 Å². The molecule has 2 atom stereocenters. The topological polar surface area (TPSA) is 65.4 Å². The molecule has 2 rings (SSSR count). The predicted octanol–water partition coefficient (Wildman–Crippen LogP) is 2.69. The Kier molecular flexibility index (Phi) is 3.22. The summed E-state index contributed by atoms with van der Waals surface area (Å²) in [6, 6.07) is 4.50. The number of nitrogens with zero attached hydrogens (tertiary/aromatic N) is 1. The number of carbonyl (C=O) groups is 1. The minimum absolute atomic E-state index is 0.0229. The summed E-state index contributed by atoms with van der Waals surface area (Å²) >= 11 is 0. The lowest BCUT2D eigenvalue weighted by molar-refractivity contribution is -0.137. The smallest absolute Gasteiger partial charge is 0.356 e. The number of nitriles is 1. The first-order chi connectivity index (χ1) is 9.18. The second kappa shape index (κ2) is 4.49. The van der Waals surface area contributed by atoms with E-state index >= 15 is 0 Å². The fraction of sp³-hybridized carbons (Fsp3) is 0.385. The molecule has 0 aromatic heterocycles. The standard InChI is InChI=1S/C13H11F3N2O2/c1-7-12(2,20-7)11(19)18-9-4-3-8(6-17)10(5-9)13(14,15)16/h3-5,7H,1-2H3,(H,18,19)/t7?,12-/m0/s1. The first kappa shape index (κ1) is 14.3. The number of hydrogen-bond donors (Lipinski definition) is 1. The van der Waals surface area contributed by atoms with Gasteiger partial charge in [0.2, 0.25) is 0 Å². The van der Waals surface area contributed by atoms with Crippen molar-refractivity contribution in [3.05, 3.63) is 29.3 Å². The summed E-state index contributed by atoms with van der Waals surface area (Å²) in [5, 5.41) is 11.0. The second-order valence-electron chi connectivity index (χ2n) is 4.69. The average Bonchev–Trinajstić information content (AvgIpc) is 2.97. The molecule has 1 aliphatic rings. The highest BCUT2D eigenvalue weighted by atomic mass is 19.4. The molecular weight excluding hydrogens is 273 g/mol. The zero-order valence-corrected chi connectivity index (χ0v) is 10.7. The van der Waals surface area contributed by atoms with Crippen LogP contribution >= 0.6 is 0 Å². The summed E-state index contributed by atoms with van der Waals surface area (Å²) in [4.78, 5) is 11.8. The van der Waals surface area contributed by atoms with Crippen LogP contribution < -0.4 is 5.32 Å². The van der Waals surface area contributed by atoms with Crippen LogP contribution in [0.3, 0.4) is 0 Å². The second-order valence-corrected chi connectivity index (χ2v) is 4.69. The highest BCUT2D eigenvalue weighted by molar-refractivity contribution is 5.99. The Bertz CT molecular complexity index is 607. The Labute approximate surface area is 113 Å². The number of ether oxygens (including phenoxy) is 1. The van der Waals surface area contributed by atoms with Gasteiger partial charge in [0.15, 0.2) is 5.60 Å². The van der Waals surface area contributed by atoms with E-state index in [-0.39, 0.29) is 11.8 Å². The van der Waals surface area contributed by atoms with Crippen molar-refractivity contribution in [3.63, 3.8) is 0 Å². The summed E-state index contributed by atoms with van der Waals surface area (Å²) in [5.74, 6) is -0.511. The van der Waals surface area contributed by atoms with E-state index in [0.717, 1.165) is 12.1 Å². The number of amides is 1. The maximum Gasteiger partial charge on any atom is 0.417 e. The summed E-state index contributed by atoms with van der Waals surface area (Å²) in [6.07, 6.45) is -4.93. The van der Waals surface area contributed by atoms with Gasteiger partial charge in [-0.2, -0.15) is 18.4 Å². The number of anilines is 1. The van der Waals surface area contributed by atoms with E-state index in [1.54, 1.807) is 13.8 Å². The van der Waals surface area contributed by atoms with E-state index in [9.17, 15) is 18.0 Å². The Morgan fingerprint density at radius 2 is 2.10 bits per heavy atom. The normalized spacial score (nSPS) is 24.9. The molecule has 7 heteroatoms. The number of benzene rings is 1. The van der Waals surface area contributed by atoms with Crippen molar-refractivity contribution in [2.24, 2.45) is 0 Å². The van der Waals surface area contributed by atoms with Crippen molar-refractivity contribution in [1.82, 2.24) is 0 Å². The maximum atomic E-state index is 12.8. The first-order valence-corrected chi connectivity index (χ1v) is 5.79. The molecule has 1 heterocycles. The Balaban J connectivity index is 2.27. The van der Waals surface area contributed by atoms with Crippen molar-refractivity contribution >= 4 is 11.6 Å². The van der Waals surface area contributed by atoms with E-state index in [4.69, 9.17) is 10.00 Å². The molecule has 1 aliphatic heterocycles. The first-order valence-electron chi connectivity index (χ1n) is 5.79. The highest BCUT2D eigenvalue weighted by Crippen LogP contribution is 2.37. The number of hydrogen-bond acceptors (Lipinski definition) is 3. The van der Waals surface area contributed by atoms with Crippen molar-refractivity contribution < 1.29 is 22.7 Å². The molecule has 1 N–H and O–H groups in total. The monoisotopic (exact) mass is 284 g/mol. The van der Waals surface area contributed by atoms with Gasteiger partial charge in [-0.3, -0.25) is 4.79 Å². The van der Waals surface area contributed by atoms with Gasteiger partial charge in [0, 0.05) is 5.69 Å². The van der Waals surface area contributed by atoms with Crippen LogP contribution in [0, 0.1) is 11.3 Å². The predicted molar refractivity (Wildman–Crippen MR) is 63.7 cm³/mol. The third kappa shape index (κ3) is 2.47. The van der Waals surface area contributed by atoms with Gasteiger partial charge in [-0.25, -0.2) is 0 Å². The zero-order valence-electron chi connectivity index (χ0n) is 10.7. The molecule has 0 aliphatic carbocycles. The molecule has 0 radical (unpaired) electrons. The van der Waals surface area contributed by atoms with E-state index in [0.29, 0.717) is 0 Å². The fourth-order valence-corrected chi connectivity index (χ4v) is 1.78. The number of halogens is 3. The maximum absolute atomic E-state index is 12.8. The molecule has 4 nitrogen and oxygen atoms in total. The molecular formula is C13H11F3N2O2. The Morgan fingerprint density at radius 3 is 2.55 bits per heavy atom. The van der Waals surface area contributed by atoms with Gasteiger partial charge in [-0.1, -0.05) is 0 Å². The van der Waals surface area contributed by atoms with Crippen LogP contribution in [0.25, 0.3) is 0 Å². The minimum atomic E-state index is -4.65. The lowest BCUT2D eigenvalue weighted by atomic mass is 10.1. The van der Waals surface area contributed by atoms with Crippen molar-refractivity contribution in [1.29, 1.82) is 5.26 Å². The average molecular weight is 284 g/mol. The van der Waals surface area contributed by atoms with E-state index < -0.39 is 28.8 Å². The SMILES string of the molecule is CC1O[C@]1(C)C(=O)Nc1ccc(C#N)c(C(F)(F)F)c1. The van der Waals surface area contributed by atoms with Gasteiger partial charge in [0.1, 0.15) is 0 Å². The molecule has 0 spiro atoms. The third-order valence-corrected chi connectivity index (χ3v) is 3.29. The number of epoxide rings is 1. The van der Waals surface area contributed by atoms with Gasteiger partial charge in [-0.05, 0) is 32.0 Å². The van der Waals surface area contributed by atoms with Gasteiger partial charge < -0.3 is 10.1 Å². The lowest BCUT2D eigenvalue weighted by Gasteiger charge is -2.12. The molecule has 1 fully saturated rings. The largest absolute Gasteiger partial charge is 0.417 e. The van der Waals surface area contributed by atoms with Crippen LogP contribution in [-0.2, 0) is 15.7 Å². The van der Waals surface area contributed by atoms with Crippen LogP contribution in [0.1, 0.15) is 25.0 Å². The van der Waals surface area contributed by atoms with Crippen LogP contribution in [0.15, 0.2) is 18.2 Å². The number of alkyl halides is 3. The zero-order chi connectivity index (χ0) is 15.1. The molecule has 106 valence electrons. The Morgan fingerprint density at radius 1 is 1.50 bits per heavy atom. The van der Waals surface area contributed by atoms with Gasteiger partial charge in [-0.15, -0.1) is 0 Å². The molecule has 1 unspecified atom stereocenters.